The fourth-order valence-electron chi connectivity index (χ4n) is 1.24. The summed E-state index contributed by atoms with van der Waals surface area (Å²) in [6.07, 6.45) is 1.54. The Balaban J connectivity index is 2.40. The molecule has 0 spiro atoms. The first-order valence-corrected chi connectivity index (χ1v) is 5.41. The number of hydrogen-bond donors (Lipinski definition) is 2. The lowest BCUT2D eigenvalue weighted by Gasteiger charge is -2.11. The van der Waals surface area contributed by atoms with Crippen molar-refractivity contribution in [3.05, 3.63) is 17.0 Å². The van der Waals surface area contributed by atoms with Crippen LogP contribution >= 0.6 is 11.6 Å². The van der Waals surface area contributed by atoms with Crippen LogP contribution in [0, 0.1) is 6.92 Å². The van der Waals surface area contributed by atoms with E-state index >= 15 is 0 Å². The zero-order valence-corrected chi connectivity index (χ0v) is 10.2. The van der Waals surface area contributed by atoms with Crippen molar-refractivity contribution in [1.82, 2.24) is 9.97 Å². The molecule has 90 valence electrons. The van der Waals surface area contributed by atoms with Gasteiger partial charge in [-0.05, 0) is 13.3 Å². The second-order valence-electron chi connectivity index (χ2n) is 3.46. The van der Waals surface area contributed by atoms with Gasteiger partial charge < -0.3 is 15.2 Å². The Morgan fingerprint density at radius 3 is 3.00 bits per heavy atom. The maximum absolute atomic E-state index is 9.43. The van der Waals surface area contributed by atoms with Crippen molar-refractivity contribution in [2.75, 3.05) is 25.6 Å². The van der Waals surface area contributed by atoms with Crippen molar-refractivity contribution < 1.29 is 9.84 Å². The first kappa shape index (κ1) is 13.2. The first-order valence-electron chi connectivity index (χ1n) is 5.03. The minimum atomic E-state index is -0.463. The van der Waals surface area contributed by atoms with E-state index in [1.807, 2.05) is 6.92 Å². The molecule has 1 aromatic heterocycles. The average Bonchev–Trinajstić information content (AvgIpc) is 2.25. The van der Waals surface area contributed by atoms with E-state index in [4.69, 9.17) is 16.3 Å². The molecule has 2 N–H and O–H groups in total. The molecule has 0 aliphatic heterocycles. The Labute approximate surface area is 99.8 Å². The molecule has 0 aliphatic rings. The summed E-state index contributed by atoms with van der Waals surface area (Å²) in [6, 6.07) is 0. The first-order chi connectivity index (χ1) is 7.65. The highest BCUT2D eigenvalue weighted by molar-refractivity contribution is 6.30. The maximum atomic E-state index is 9.43. The third kappa shape index (κ3) is 3.92. The highest BCUT2D eigenvalue weighted by Gasteiger charge is 2.06. The van der Waals surface area contributed by atoms with Crippen LogP contribution in [-0.2, 0) is 4.74 Å². The number of halogens is 1. The van der Waals surface area contributed by atoms with Crippen LogP contribution in [0.1, 0.15) is 12.0 Å². The second-order valence-corrected chi connectivity index (χ2v) is 3.82. The molecule has 1 atom stereocenters. The second kappa shape index (κ2) is 6.62. The Kier molecular flexibility index (Phi) is 5.45. The van der Waals surface area contributed by atoms with Crippen molar-refractivity contribution in [2.45, 2.75) is 19.4 Å². The van der Waals surface area contributed by atoms with Crippen LogP contribution in [0.15, 0.2) is 6.33 Å². The van der Waals surface area contributed by atoms with Gasteiger partial charge in [0.25, 0.3) is 0 Å². The van der Waals surface area contributed by atoms with Gasteiger partial charge in [-0.2, -0.15) is 0 Å². The SMILES string of the molecule is COCC(O)CCNc1ncnc(Cl)c1C. The molecule has 0 amide bonds. The van der Waals surface area contributed by atoms with Crippen LogP contribution in [0.2, 0.25) is 5.15 Å². The summed E-state index contributed by atoms with van der Waals surface area (Å²) in [5.74, 6) is 0.699. The molecule has 6 heteroatoms. The maximum Gasteiger partial charge on any atom is 0.137 e. The van der Waals surface area contributed by atoms with Crippen molar-refractivity contribution >= 4 is 17.4 Å². The van der Waals surface area contributed by atoms with E-state index in [0.29, 0.717) is 30.5 Å². The summed E-state index contributed by atoms with van der Waals surface area (Å²) < 4.78 is 4.82. The number of aromatic nitrogens is 2. The van der Waals surface area contributed by atoms with Gasteiger partial charge >= 0.3 is 0 Å². The molecule has 1 rings (SSSR count). The van der Waals surface area contributed by atoms with E-state index in [9.17, 15) is 5.11 Å². The fourth-order valence-corrected chi connectivity index (χ4v) is 1.37. The molecule has 0 fully saturated rings. The van der Waals surface area contributed by atoms with E-state index in [0.717, 1.165) is 5.56 Å². The highest BCUT2D eigenvalue weighted by Crippen LogP contribution is 2.17. The van der Waals surface area contributed by atoms with Gasteiger partial charge in [0.1, 0.15) is 17.3 Å². The molecule has 1 unspecified atom stereocenters. The lowest BCUT2D eigenvalue weighted by molar-refractivity contribution is 0.0615. The molecule has 0 saturated carbocycles. The van der Waals surface area contributed by atoms with Crippen LogP contribution in [0.5, 0.6) is 0 Å². The summed E-state index contributed by atoms with van der Waals surface area (Å²) in [5, 5.41) is 13.0. The molecule has 1 aromatic rings. The van der Waals surface area contributed by atoms with Crippen LogP contribution < -0.4 is 5.32 Å². The minimum absolute atomic E-state index is 0.338. The van der Waals surface area contributed by atoms with Gasteiger partial charge in [0.05, 0.1) is 12.7 Å². The number of methoxy groups -OCH3 is 1. The Bertz CT molecular complexity index is 336. The summed E-state index contributed by atoms with van der Waals surface area (Å²) in [7, 11) is 1.56. The van der Waals surface area contributed by atoms with Crippen molar-refractivity contribution in [1.29, 1.82) is 0 Å². The van der Waals surface area contributed by atoms with Crippen molar-refractivity contribution in [2.24, 2.45) is 0 Å². The number of nitrogens with zero attached hydrogens (tertiary/aromatic N) is 2. The van der Waals surface area contributed by atoms with Crippen LogP contribution in [0.25, 0.3) is 0 Å². The van der Waals surface area contributed by atoms with Crippen LogP contribution in [0.4, 0.5) is 5.82 Å². The Morgan fingerprint density at radius 2 is 2.31 bits per heavy atom. The van der Waals surface area contributed by atoms with E-state index in [2.05, 4.69) is 15.3 Å². The number of ether oxygens (including phenoxy) is 1. The van der Waals surface area contributed by atoms with Gasteiger partial charge in [-0.3, -0.25) is 0 Å². The van der Waals surface area contributed by atoms with E-state index < -0.39 is 6.10 Å². The minimum Gasteiger partial charge on any atom is -0.391 e. The third-order valence-electron chi connectivity index (χ3n) is 2.15. The largest absolute Gasteiger partial charge is 0.391 e. The average molecular weight is 246 g/mol. The highest BCUT2D eigenvalue weighted by atomic mass is 35.5. The predicted molar refractivity (Wildman–Crippen MR) is 62.8 cm³/mol. The van der Waals surface area contributed by atoms with Gasteiger partial charge in [0.2, 0.25) is 0 Å². The molecule has 0 aromatic carbocycles. The monoisotopic (exact) mass is 245 g/mol. The normalized spacial score (nSPS) is 12.5. The lowest BCUT2D eigenvalue weighted by Crippen LogP contribution is -2.19. The molecule has 16 heavy (non-hydrogen) atoms. The predicted octanol–water partition coefficient (Wildman–Crippen LogP) is 1.25. The van der Waals surface area contributed by atoms with Crippen LogP contribution in [-0.4, -0.2) is 41.4 Å². The molecular formula is C10H16ClN3O2. The summed E-state index contributed by atoms with van der Waals surface area (Å²) >= 11 is 5.84. The summed E-state index contributed by atoms with van der Waals surface area (Å²) in [5.41, 5.74) is 0.811. The lowest BCUT2D eigenvalue weighted by atomic mass is 10.2. The van der Waals surface area contributed by atoms with Crippen molar-refractivity contribution in [3.63, 3.8) is 0 Å². The molecular weight excluding hydrogens is 230 g/mol. The fraction of sp³-hybridized carbons (Fsp3) is 0.600. The number of anilines is 1. The topological polar surface area (TPSA) is 67.3 Å². The molecule has 0 saturated heterocycles. The van der Waals surface area contributed by atoms with E-state index in [-0.39, 0.29) is 0 Å². The number of nitrogens with one attached hydrogen (secondary N) is 1. The zero-order valence-electron chi connectivity index (χ0n) is 9.40. The molecule has 5 nitrogen and oxygen atoms in total. The van der Waals surface area contributed by atoms with E-state index in [1.165, 1.54) is 6.33 Å². The smallest absolute Gasteiger partial charge is 0.137 e. The zero-order chi connectivity index (χ0) is 12.0. The van der Waals surface area contributed by atoms with Gasteiger partial charge in [-0.1, -0.05) is 11.6 Å². The van der Waals surface area contributed by atoms with Gasteiger partial charge in [-0.25, -0.2) is 9.97 Å². The molecule has 0 radical (unpaired) electrons. The van der Waals surface area contributed by atoms with Gasteiger partial charge in [0, 0.05) is 19.2 Å². The number of aliphatic hydroxyl groups excluding tert-OH is 1. The number of aliphatic hydroxyl groups is 1. The molecule has 0 aliphatic carbocycles. The standard InChI is InChI=1S/C10H16ClN3O2/c1-7-9(11)13-6-14-10(7)12-4-3-8(15)5-16-2/h6,8,15H,3-5H2,1-2H3,(H,12,13,14). The Morgan fingerprint density at radius 1 is 1.56 bits per heavy atom. The quantitative estimate of drug-likeness (QED) is 0.739. The molecule has 0 bridgehead atoms. The van der Waals surface area contributed by atoms with Crippen LogP contribution in [0.3, 0.4) is 0 Å². The summed E-state index contributed by atoms with van der Waals surface area (Å²) in [4.78, 5) is 7.92. The van der Waals surface area contributed by atoms with Gasteiger partial charge in [0.15, 0.2) is 0 Å². The number of rotatable bonds is 6. The van der Waals surface area contributed by atoms with E-state index in [1.54, 1.807) is 7.11 Å². The van der Waals surface area contributed by atoms with Gasteiger partial charge in [-0.15, -0.1) is 0 Å². The molecule has 1 heterocycles. The summed E-state index contributed by atoms with van der Waals surface area (Å²) in [6.45, 7) is 2.79. The third-order valence-corrected chi connectivity index (χ3v) is 2.53. The Hall–Kier alpha value is -0.910. The number of hydrogen-bond acceptors (Lipinski definition) is 5. The van der Waals surface area contributed by atoms with Crippen molar-refractivity contribution in [3.8, 4) is 0 Å².